The zero-order chi connectivity index (χ0) is 13.8. The quantitative estimate of drug-likeness (QED) is 0.510. The molecule has 2 N–H and O–H groups in total. The Bertz CT molecular complexity index is 648. The topological polar surface area (TPSA) is 57.5 Å². The Balaban J connectivity index is 2.26. The number of phenolic OH excluding ortho intramolecular Hbond substituents is 2. The number of carbonyl (C=O) groups is 1. The van der Waals surface area contributed by atoms with Gasteiger partial charge in [0.15, 0.2) is 5.78 Å². The van der Waals surface area contributed by atoms with Crippen LogP contribution in [0.1, 0.15) is 15.9 Å². The van der Waals surface area contributed by atoms with Crippen LogP contribution in [0.4, 0.5) is 0 Å². The van der Waals surface area contributed by atoms with Crippen LogP contribution in [0.15, 0.2) is 48.5 Å². The minimum atomic E-state index is -0.270. The molecule has 0 amide bonds. The molecule has 0 spiro atoms. The first-order valence-electron chi connectivity index (χ1n) is 5.57. The maximum atomic E-state index is 11.9. The lowest BCUT2D eigenvalue weighted by atomic mass is 10.1. The summed E-state index contributed by atoms with van der Waals surface area (Å²) in [4.78, 5) is 11.9. The monoisotopic (exact) mass is 274 g/mol. The van der Waals surface area contributed by atoms with Gasteiger partial charge in [-0.1, -0.05) is 23.7 Å². The predicted octanol–water partition coefficient (Wildman–Crippen LogP) is 3.65. The minimum absolute atomic E-state index is 0.0130. The summed E-state index contributed by atoms with van der Waals surface area (Å²) in [5.74, 6) is -0.267. The highest BCUT2D eigenvalue weighted by Crippen LogP contribution is 2.24. The molecule has 0 atom stereocenters. The average Bonchev–Trinajstić information content (AvgIpc) is 2.40. The van der Waals surface area contributed by atoms with Crippen molar-refractivity contribution in [1.82, 2.24) is 0 Å². The molecule has 0 aliphatic heterocycles. The number of aromatic hydroxyl groups is 2. The third-order valence-electron chi connectivity index (χ3n) is 2.56. The second kappa shape index (κ2) is 5.59. The van der Waals surface area contributed by atoms with Crippen molar-refractivity contribution < 1.29 is 15.0 Å². The highest BCUT2D eigenvalue weighted by molar-refractivity contribution is 6.34. The number of carbonyl (C=O) groups excluding carboxylic acids is 1. The number of hydrogen-bond donors (Lipinski definition) is 2. The summed E-state index contributed by atoms with van der Waals surface area (Å²) in [7, 11) is 0. The van der Waals surface area contributed by atoms with E-state index in [2.05, 4.69) is 0 Å². The van der Waals surface area contributed by atoms with Crippen molar-refractivity contribution >= 4 is 23.5 Å². The van der Waals surface area contributed by atoms with E-state index >= 15 is 0 Å². The third-order valence-corrected chi connectivity index (χ3v) is 2.89. The fourth-order valence-corrected chi connectivity index (χ4v) is 1.82. The molecule has 0 saturated heterocycles. The fraction of sp³-hybridized carbons (Fsp3) is 0. The predicted molar refractivity (Wildman–Crippen MR) is 74.6 cm³/mol. The van der Waals surface area contributed by atoms with E-state index in [1.165, 1.54) is 30.4 Å². The van der Waals surface area contributed by atoms with Gasteiger partial charge in [0.05, 0.1) is 5.02 Å². The lowest BCUT2D eigenvalue weighted by molar-refractivity contribution is 0.104. The van der Waals surface area contributed by atoms with Crippen LogP contribution in [0.2, 0.25) is 5.02 Å². The molecule has 0 aliphatic rings. The van der Waals surface area contributed by atoms with Gasteiger partial charge in [-0.25, -0.2) is 0 Å². The van der Waals surface area contributed by atoms with Crippen molar-refractivity contribution in [2.45, 2.75) is 0 Å². The summed E-state index contributed by atoms with van der Waals surface area (Å²) in [6, 6.07) is 10.8. The normalized spacial score (nSPS) is 10.8. The van der Waals surface area contributed by atoms with Gasteiger partial charge in [-0.15, -0.1) is 0 Å². The second-order valence-electron chi connectivity index (χ2n) is 3.92. The number of phenols is 2. The van der Waals surface area contributed by atoms with Crippen molar-refractivity contribution in [2.24, 2.45) is 0 Å². The van der Waals surface area contributed by atoms with Crippen LogP contribution in [0, 0.1) is 0 Å². The third kappa shape index (κ3) is 3.14. The smallest absolute Gasteiger partial charge is 0.187 e. The molecule has 2 rings (SSSR count). The van der Waals surface area contributed by atoms with Gasteiger partial charge in [0.25, 0.3) is 0 Å². The van der Waals surface area contributed by atoms with E-state index in [0.717, 1.165) is 0 Å². The first-order chi connectivity index (χ1) is 9.08. The number of halogens is 1. The lowest BCUT2D eigenvalue weighted by Gasteiger charge is -2.01. The Morgan fingerprint density at radius 1 is 1.11 bits per heavy atom. The van der Waals surface area contributed by atoms with Gasteiger partial charge in [-0.05, 0) is 42.5 Å². The SMILES string of the molecule is O=C(C=Cc1cc(O)ccc1O)c1ccccc1Cl. The minimum Gasteiger partial charge on any atom is -0.508 e. The molecule has 0 unspecified atom stereocenters. The summed E-state index contributed by atoms with van der Waals surface area (Å²) in [5, 5.41) is 19.3. The standard InChI is InChI=1S/C15H11ClO3/c16-13-4-2-1-3-12(13)15(19)7-5-10-9-11(17)6-8-14(10)18/h1-9,17-18H. The number of ketones is 1. The molecule has 96 valence electrons. The molecule has 0 bridgehead atoms. The van der Waals surface area contributed by atoms with Crippen LogP contribution >= 0.6 is 11.6 Å². The van der Waals surface area contributed by atoms with Crippen molar-refractivity contribution in [2.75, 3.05) is 0 Å². The van der Waals surface area contributed by atoms with Gasteiger partial charge in [-0.2, -0.15) is 0 Å². The molecule has 0 radical (unpaired) electrons. The molecule has 19 heavy (non-hydrogen) atoms. The van der Waals surface area contributed by atoms with Crippen molar-refractivity contribution in [3.05, 3.63) is 64.7 Å². The Hall–Kier alpha value is -2.26. The molecule has 3 nitrogen and oxygen atoms in total. The van der Waals surface area contributed by atoms with Gasteiger partial charge in [0.2, 0.25) is 0 Å². The van der Waals surface area contributed by atoms with E-state index in [1.54, 1.807) is 24.3 Å². The molecule has 0 fully saturated rings. The Labute approximate surface area is 115 Å². The van der Waals surface area contributed by atoms with Crippen molar-refractivity contribution in [3.8, 4) is 11.5 Å². The van der Waals surface area contributed by atoms with E-state index in [9.17, 15) is 15.0 Å². The highest BCUT2D eigenvalue weighted by atomic mass is 35.5. The summed E-state index contributed by atoms with van der Waals surface area (Å²) in [5.41, 5.74) is 0.750. The fourth-order valence-electron chi connectivity index (χ4n) is 1.59. The molecule has 4 heteroatoms. The molecular formula is C15H11ClO3. The molecule has 0 aliphatic carbocycles. The molecule has 2 aromatic carbocycles. The van der Waals surface area contributed by atoms with Gasteiger partial charge < -0.3 is 10.2 Å². The first-order valence-corrected chi connectivity index (χ1v) is 5.94. The summed E-state index contributed by atoms with van der Waals surface area (Å²) < 4.78 is 0. The molecular weight excluding hydrogens is 264 g/mol. The summed E-state index contributed by atoms with van der Waals surface area (Å²) in [6.07, 6.45) is 2.73. The van der Waals surface area contributed by atoms with E-state index in [1.807, 2.05) is 0 Å². The van der Waals surface area contributed by atoms with Crippen molar-refractivity contribution in [1.29, 1.82) is 0 Å². The average molecular weight is 275 g/mol. The highest BCUT2D eigenvalue weighted by Gasteiger charge is 2.06. The van der Waals surface area contributed by atoms with Crippen LogP contribution in [0.3, 0.4) is 0 Å². The summed E-state index contributed by atoms with van der Waals surface area (Å²) in [6.45, 7) is 0. The zero-order valence-corrected chi connectivity index (χ0v) is 10.6. The molecule has 2 aromatic rings. The molecule has 0 aromatic heterocycles. The first kappa shape index (κ1) is 13.2. The van der Waals surface area contributed by atoms with Crippen LogP contribution in [0.25, 0.3) is 6.08 Å². The second-order valence-corrected chi connectivity index (χ2v) is 4.33. The Morgan fingerprint density at radius 3 is 2.58 bits per heavy atom. The maximum Gasteiger partial charge on any atom is 0.187 e. The van der Waals surface area contributed by atoms with Crippen LogP contribution in [-0.4, -0.2) is 16.0 Å². The maximum absolute atomic E-state index is 11.9. The van der Waals surface area contributed by atoms with Gasteiger partial charge in [0, 0.05) is 11.1 Å². The molecule has 0 saturated carbocycles. The van der Waals surface area contributed by atoms with E-state index in [-0.39, 0.29) is 17.3 Å². The number of rotatable bonds is 3. The van der Waals surface area contributed by atoms with E-state index in [0.29, 0.717) is 16.1 Å². The van der Waals surface area contributed by atoms with E-state index in [4.69, 9.17) is 11.6 Å². The number of allylic oxidation sites excluding steroid dienone is 1. The zero-order valence-electron chi connectivity index (χ0n) is 9.88. The van der Waals surface area contributed by atoms with Crippen LogP contribution in [0.5, 0.6) is 11.5 Å². The van der Waals surface area contributed by atoms with Crippen LogP contribution < -0.4 is 0 Å². The van der Waals surface area contributed by atoms with Gasteiger partial charge >= 0.3 is 0 Å². The van der Waals surface area contributed by atoms with Gasteiger partial charge in [0.1, 0.15) is 11.5 Å². The summed E-state index contributed by atoms with van der Waals surface area (Å²) >= 11 is 5.91. The largest absolute Gasteiger partial charge is 0.508 e. The van der Waals surface area contributed by atoms with E-state index < -0.39 is 0 Å². The van der Waals surface area contributed by atoms with Crippen molar-refractivity contribution in [3.63, 3.8) is 0 Å². The van der Waals surface area contributed by atoms with Gasteiger partial charge in [-0.3, -0.25) is 4.79 Å². The van der Waals surface area contributed by atoms with Crippen LogP contribution in [-0.2, 0) is 0 Å². The number of benzene rings is 2. The molecule has 0 heterocycles. The number of hydrogen-bond acceptors (Lipinski definition) is 3. The Morgan fingerprint density at radius 2 is 1.84 bits per heavy atom. The Kier molecular flexibility index (Phi) is 3.88. The lowest BCUT2D eigenvalue weighted by Crippen LogP contribution is -1.94.